The average Bonchev–Trinajstić information content (AvgIpc) is 2.55. The minimum absolute atomic E-state index is 0.0509. The fourth-order valence-corrected chi connectivity index (χ4v) is 0.991. The van der Waals surface area contributed by atoms with Crippen molar-refractivity contribution in [2.45, 2.75) is 26.3 Å². The molecule has 72 valence electrons. The normalized spacial score (nSPS) is 13.2. The fourth-order valence-electron chi connectivity index (χ4n) is 0.991. The van der Waals surface area contributed by atoms with Gasteiger partial charge < -0.3 is 10.2 Å². The van der Waals surface area contributed by atoms with Gasteiger partial charge in [0.25, 0.3) is 0 Å². The second kappa shape index (κ2) is 4.23. The number of Topliss-reactive ketones (excluding diaryl/α,β-unsaturated/α-hetero) is 1. The number of furan rings is 1. The summed E-state index contributed by atoms with van der Waals surface area (Å²) in [6.45, 7) is 4.01. The summed E-state index contributed by atoms with van der Waals surface area (Å²) in [5.41, 5.74) is 6.38. The van der Waals surface area contributed by atoms with Gasteiger partial charge in [0.15, 0.2) is 5.78 Å². The lowest BCUT2D eigenvalue weighted by Gasteiger charge is -2.13. The summed E-state index contributed by atoms with van der Waals surface area (Å²) in [7, 11) is 0. The average molecular weight is 181 g/mol. The van der Waals surface area contributed by atoms with E-state index >= 15 is 0 Å². The van der Waals surface area contributed by atoms with Crippen LogP contribution in [0.3, 0.4) is 0 Å². The van der Waals surface area contributed by atoms with Crippen LogP contribution in [0.1, 0.15) is 30.6 Å². The molecule has 0 amide bonds. The summed E-state index contributed by atoms with van der Waals surface area (Å²) in [5.74, 6) is 0.380. The first-order valence-electron chi connectivity index (χ1n) is 4.42. The van der Waals surface area contributed by atoms with E-state index < -0.39 is 0 Å². The molecule has 1 rings (SSSR count). The zero-order valence-electron chi connectivity index (χ0n) is 7.99. The molecule has 1 atom stereocenters. The number of carbonyl (C=O) groups is 1. The molecule has 2 N–H and O–H groups in total. The summed E-state index contributed by atoms with van der Waals surface area (Å²) in [6, 6.07) is 1.59. The van der Waals surface area contributed by atoms with Crippen LogP contribution in [0.4, 0.5) is 0 Å². The molecule has 0 aromatic carbocycles. The molecule has 0 fully saturated rings. The standard InChI is InChI=1S/C10H15NO2/c1-7(2)9(11)5-10(12)8-3-4-13-6-8/h3-4,6-7,9H,5,11H2,1-2H3. The summed E-state index contributed by atoms with van der Waals surface area (Å²) in [5, 5.41) is 0. The van der Waals surface area contributed by atoms with Crippen molar-refractivity contribution >= 4 is 5.78 Å². The molecular weight excluding hydrogens is 166 g/mol. The van der Waals surface area contributed by atoms with Gasteiger partial charge in [-0.25, -0.2) is 0 Å². The van der Waals surface area contributed by atoms with Gasteiger partial charge in [-0.1, -0.05) is 13.8 Å². The van der Waals surface area contributed by atoms with Crippen LogP contribution in [0.15, 0.2) is 23.0 Å². The summed E-state index contributed by atoms with van der Waals surface area (Å²) < 4.78 is 4.82. The molecule has 0 aliphatic heterocycles. The smallest absolute Gasteiger partial charge is 0.167 e. The van der Waals surface area contributed by atoms with Gasteiger partial charge in [0.05, 0.1) is 11.8 Å². The van der Waals surface area contributed by atoms with Crippen LogP contribution in [0.5, 0.6) is 0 Å². The van der Waals surface area contributed by atoms with Crippen molar-refractivity contribution in [2.75, 3.05) is 0 Å². The van der Waals surface area contributed by atoms with Crippen molar-refractivity contribution in [3.63, 3.8) is 0 Å². The molecule has 13 heavy (non-hydrogen) atoms. The fraction of sp³-hybridized carbons (Fsp3) is 0.500. The zero-order chi connectivity index (χ0) is 9.84. The molecule has 1 unspecified atom stereocenters. The molecule has 0 aliphatic carbocycles. The number of hydrogen-bond acceptors (Lipinski definition) is 3. The van der Waals surface area contributed by atoms with E-state index in [1.807, 2.05) is 13.8 Å². The van der Waals surface area contributed by atoms with Crippen molar-refractivity contribution in [3.8, 4) is 0 Å². The Bertz CT molecular complexity index is 264. The van der Waals surface area contributed by atoms with Gasteiger partial charge in [-0.15, -0.1) is 0 Å². The summed E-state index contributed by atoms with van der Waals surface area (Å²) >= 11 is 0. The van der Waals surface area contributed by atoms with Crippen LogP contribution in [-0.4, -0.2) is 11.8 Å². The van der Waals surface area contributed by atoms with E-state index in [2.05, 4.69) is 0 Å². The number of rotatable bonds is 4. The van der Waals surface area contributed by atoms with E-state index in [9.17, 15) is 4.79 Å². The van der Waals surface area contributed by atoms with Gasteiger partial charge in [-0.2, -0.15) is 0 Å². The maximum atomic E-state index is 11.5. The topological polar surface area (TPSA) is 56.2 Å². The Morgan fingerprint density at radius 3 is 2.77 bits per heavy atom. The Morgan fingerprint density at radius 2 is 2.31 bits per heavy atom. The quantitative estimate of drug-likeness (QED) is 0.721. The van der Waals surface area contributed by atoms with Crippen molar-refractivity contribution in [1.29, 1.82) is 0 Å². The minimum atomic E-state index is -0.0672. The van der Waals surface area contributed by atoms with Crippen LogP contribution >= 0.6 is 0 Å². The molecule has 0 spiro atoms. The molecule has 0 saturated carbocycles. The minimum Gasteiger partial charge on any atom is -0.472 e. The first-order chi connectivity index (χ1) is 6.11. The summed E-state index contributed by atoms with van der Waals surface area (Å²) in [6.07, 6.45) is 3.33. The highest BCUT2D eigenvalue weighted by Crippen LogP contribution is 2.09. The van der Waals surface area contributed by atoms with Gasteiger partial charge in [0, 0.05) is 12.5 Å². The van der Waals surface area contributed by atoms with Gasteiger partial charge in [-0.3, -0.25) is 4.79 Å². The molecule has 0 saturated heterocycles. The lowest BCUT2D eigenvalue weighted by molar-refractivity contribution is 0.0967. The van der Waals surface area contributed by atoms with Gasteiger partial charge in [0.1, 0.15) is 6.26 Å². The largest absolute Gasteiger partial charge is 0.472 e. The van der Waals surface area contributed by atoms with E-state index in [-0.39, 0.29) is 11.8 Å². The number of ketones is 1. The van der Waals surface area contributed by atoms with Crippen LogP contribution < -0.4 is 5.73 Å². The monoisotopic (exact) mass is 181 g/mol. The molecule has 1 aromatic heterocycles. The highest BCUT2D eigenvalue weighted by Gasteiger charge is 2.14. The van der Waals surface area contributed by atoms with E-state index in [4.69, 9.17) is 10.2 Å². The highest BCUT2D eigenvalue weighted by atomic mass is 16.3. The summed E-state index contributed by atoms with van der Waals surface area (Å²) in [4.78, 5) is 11.5. The third-order valence-corrected chi connectivity index (χ3v) is 2.12. The SMILES string of the molecule is CC(C)C(N)CC(=O)c1ccoc1. The van der Waals surface area contributed by atoms with E-state index in [1.54, 1.807) is 6.07 Å². The van der Waals surface area contributed by atoms with Gasteiger partial charge in [0.2, 0.25) is 0 Å². The Balaban J connectivity index is 2.52. The Labute approximate surface area is 77.9 Å². The second-order valence-electron chi connectivity index (χ2n) is 3.55. The van der Waals surface area contributed by atoms with Crippen molar-refractivity contribution in [2.24, 2.45) is 11.7 Å². The van der Waals surface area contributed by atoms with Crippen LogP contribution in [0.25, 0.3) is 0 Å². The van der Waals surface area contributed by atoms with Crippen LogP contribution in [0.2, 0.25) is 0 Å². The van der Waals surface area contributed by atoms with Crippen molar-refractivity contribution in [3.05, 3.63) is 24.2 Å². The van der Waals surface area contributed by atoms with Crippen molar-refractivity contribution < 1.29 is 9.21 Å². The van der Waals surface area contributed by atoms with Crippen LogP contribution in [0, 0.1) is 5.92 Å². The van der Waals surface area contributed by atoms with Gasteiger partial charge in [-0.05, 0) is 12.0 Å². The first-order valence-corrected chi connectivity index (χ1v) is 4.42. The predicted molar refractivity (Wildman–Crippen MR) is 50.5 cm³/mol. The number of hydrogen-bond donors (Lipinski definition) is 1. The lowest BCUT2D eigenvalue weighted by atomic mass is 9.98. The Hall–Kier alpha value is -1.09. The Morgan fingerprint density at radius 1 is 1.62 bits per heavy atom. The molecule has 3 heteroatoms. The molecule has 0 radical (unpaired) electrons. The second-order valence-corrected chi connectivity index (χ2v) is 3.55. The Kier molecular flexibility index (Phi) is 3.25. The van der Waals surface area contributed by atoms with Crippen molar-refractivity contribution in [1.82, 2.24) is 0 Å². The zero-order valence-corrected chi connectivity index (χ0v) is 7.99. The number of carbonyl (C=O) groups excluding carboxylic acids is 1. The van der Waals surface area contributed by atoms with Gasteiger partial charge >= 0.3 is 0 Å². The third-order valence-electron chi connectivity index (χ3n) is 2.12. The molecule has 3 nitrogen and oxygen atoms in total. The maximum absolute atomic E-state index is 11.5. The maximum Gasteiger partial charge on any atom is 0.167 e. The molecule has 1 aromatic rings. The van der Waals surface area contributed by atoms with E-state index in [1.165, 1.54) is 12.5 Å². The molecule has 1 heterocycles. The van der Waals surface area contributed by atoms with E-state index in [0.29, 0.717) is 17.9 Å². The highest BCUT2D eigenvalue weighted by molar-refractivity contribution is 5.96. The molecule has 0 aliphatic rings. The molecule has 0 bridgehead atoms. The molecular formula is C10H15NO2. The number of nitrogens with two attached hydrogens (primary N) is 1. The van der Waals surface area contributed by atoms with Crippen LogP contribution in [-0.2, 0) is 0 Å². The predicted octanol–water partition coefficient (Wildman–Crippen LogP) is 1.84. The first kappa shape index (κ1) is 9.99. The third kappa shape index (κ3) is 2.70. The van der Waals surface area contributed by atoms with E-state index in [0.717, 1.165) is 0 Å². The lowest BCUT2D eigenvalue weighted by Crippen LogP contribution is -2.29.